The molecule has 0 bridgehead atoms. The molecule has 2 rings (SSSR count). The van der Waals surface area contributed by atoms with Crippen molar-refractivity contribution in [3.63, 3.8) is 0 Å². The minimum absolute atomic E-state index is 0.226. The van der Waals surface area contributed by atoms with Gasteiger partial charge in [0.2, 0.25) is 0 Å². The first-order valence-corrected chi connectivity index (χ1v) is 6.88. The highest BCUT2D eigenvalue weighted by Crippen LogP contribution is 2.30. The van der Waals surface area contributed by atoms with Crippen LogP contribution in [0.25, 0.3) is 0 Å². The van der Waals surface area contributed by atoms with Crippen molar-refractivity contribution in [1.82, 2.24) is 5.32 Å². The molecule has 1 aromatic heterocycles. The van der Waals surface area contributed by atoms with Crippen LogP contribution >= 0.6 is 15.9 Å². The predicted octanol–water partition coefficient (Wildman–Crippen LogP) is 2.71. The molecule has 0 fully saturated rings. The van der Waals surface area contributed by atoms with E-state index in [-0.39, 0.29) is 5.91 Å². The molecule has 0 aliphatic carbocycles. The Labute approximate surface area is 125 Å². The maximum absolute atomic E-state index is 11.9. The monoisotopic (exact) mass is 338 g/mol. The van der Waals surface area contributed by atoms with Gasteiger partial charge in [-0.3, -0.25) is 4.79 Å². The van der Waals surface area contributed by atoms with Crippen LogP contribution in [0.5, 0.6) is 5.75 Å². The second-order valence-corrected chi connectivity index (χ2v) is 5.01. The molecule has 2 aromatic rings. The van der Waals surface area contributed by atoms with E-state index in [2.05, 4.69) is 21.2 Å². The number of carbonyl (C=O) groups is 1. The molecule has 106 valence electrons. The fraction of sp³-hybridized carbons (Fsp3) is 0.214. The summed E-state index contributed by atoms with van der Waals surface area (Å²) in [5.41, 5.74) is 6.32. The highest BCUT2D eigenvalue weighted by atomic mass is 79.9. The van der Waals surface area contributed by atoms with Crippen LogP contribution < -0.4 is 15.8 Å². The largest absolute Gasteiger partial charge is 0.480 e. The number of rotatable bonds is 5. The number of hydrogen-bond acceptors (Lipinski definition) is 4. The Balaban J connectivity index is 1.92. The van der Waals surface area contributed by atoms with Crippen LogP contribution in [0.1, 0.15) is 12.7 Å². The second kappa shape index (κ2) is 6.47. The molecule has 0 radical (unpaired) electrons. The Morgan fingerprint density at radius 3 is 2.95 bits per heavy atom. The van der Waals surface area contributed by atoms with Gasteiger partial charge in [0, 0.05) is 5.69 Å². The predicted molar refractivity (Wildman–Crippen MR) is 79.2 cm³/mol. The van der Waals surface area contributed by atoms with Crippen molar-refractivity contribution < 1.29 is 13.9 Å². The molecule has 0 spiro atoms. The zero-order chi connectivity index (χ0) is 14.5. The summed E-state index contributed by atoms with van der Waals surface area (Å²) in [6.07, 6.45) is 0.925. The first kappa shape index (κ1) is 14.5. The zero-order valence-electron chi connectivity index (χ0n) is 10.9. The summed E-state index contributed by atoms with van der Waals surface area (Å²) in [6.45, 7) is 2.00. The topological polar surface area (TPSA) is 77.5 Å². The van der Waals surface area contributed by atoms with Crippen LogP contribution in [0.3, 0.4) is 0 Å². The Bertz CT molecular complexity index is 584. The van der Waals surface area contributed by atoms with Gasteiger partial charge < -0.3 is 20.2 Å². The lowest BCUT2D eigenvalue weighted by atomic mass is 10.3. The summed E-state index contributed by atoms with van der Waals surface area (Å²) < 4.78 is 11.4. The van der Waals surface area contributed by atoms with Crippen molar-refractivity contribution in [2.75, 3.05) is 5.73 Å². The fourth-order valence-corrected chi connectivity index (χ4v) is 1.95. The molecule has 0 aliphatic heterocycles. The van der Waals surface area contributed by atoms with Gasteiger partial charge in [-0.25, -0.2) is 0 Å². The number of amides is 1. The average Bonchev–Trinajstić information content (AvgIpc) is 2.94. The minimum atomic E-state index is -0.636. The maximum Gasteiger partial charge on any atom is 0.261 e. The van der Waals surface area contributed by atoms with Gasteiger partial charge in [-0.1, -0.05) is 6.07 Å². The summed E-state index contributed by atoms with van der Waals surface area (Å²) in [4.78, 5) is 11.9. The summed E-state index contributed by atoms with van der Waals surface area (Å²) in [5.74, 6) is 0.997. The van der Waals surface area contributed by atoms with E-state index < -0.39 is 6.10 Å². The SMILES string of the molecule is CC(Oc1cccc(N)c1Br)C(=O)NCc1ccco1. The molecular formula is C14H15BrN2O3. The molecule has 20 heavy (non-hydrogen) atoms. The van der Waals surface area contributed by atoms with Crippen LogP contribution in [0.15, 0.2) is 45.5 Å². The molecule has 6 heteroatoms. The first-order chi connectivity index (χ1) is 9.58. The number of nitrogens with two attached hydrogens (primary N) is 1. The van der Waals surface area contributed by atoms with Gasteiger partial charge >= 0.3 is 0 Å². The fourth-order valence-electron chi connectivity index (χ4n) is 1.59. The summed E-state index contributed by atoms with van der Waals surface area (Å²) in [5, 5.41) is 2.73. The second-order valence-electron chi connectivity index (χ2n) is 4.22. The third-order valence-corrected chi connectivity index (χ3v) is 3.53. The van der Waals surface area contributed by atoms with Gasteiger partial charge in [0.05, 0.1) is 17.3 Å². The van der Waals surface area contributed by atoms with Crippen LogP contribution in [-0.4, -0.2) is 12.0 Å². The lowest BCUT2D eigenvalue weighted by molar-refractivity contribution is -0.127. The molecule has 3 N–H and O–H groups in total. The van der Waals surface area contributed by atoms with E-state index in [0.29, 0.717) is 28.2 Å². The Hall–Kier alpha value is -1.95. The normalized spacial score (nSPS) is 11.9. The molecule has 1 atom stereocenters. The summed E-state index contributed by atoms with van der Waals surface area (Å²) in [7, 11) is 0. The van der Waals surface area contributed by atoms with E-state index in [4.69, 9.17) is 14.9 Å². The smallest absolute Gasteiger partial charge is 0.261 e. The van der Waals surface area contributed by atoms with Gasteiger partial charge in [-0.05, 0) is 47.1 Å². The van der Waals surface area contributed by atoms with Crippen LogP contribution in [0.2, 0.25) is 0 Å². The molecule has 0 saturated carbocycles. The van der Waals surface area contributed by atoms with Gasteiger partial charge in [-0.2, -0.15) is 0 Å². The molecule has 1 heterocycles. The van der Waals surface area contributed by atoms with E-state index >= 15 is 0 Å². The van der Waals surface area contributed by atoms with E-state index in [9.17, 15) is 4.79 Å². The Kier molecular flexibility index (Phi) is 4.68. The van der Waals surface area contributed by atoms with Gasteiger partial charge in [0.25, 0.3) is 5.91 Å². The number of hydrogen-bond donors (Lipinski definition) is 2. The maximum atomic E-state index is 11.9. The minimum Gasteiger partial charge on any atom is -0.480 e. The standard InChI is InChI=1S/C14H15BrN2O3/c1-9(14(18)17-8-10-4-3-7-19-10)20-12-6-2-5-11(16)13(12)15/h2-7,9H,8,16H2,1H3,(H,17,18). The van der Waals surface area contributed by atoms with Gasteiger partial charge in [0.15, 0.2) is 6.10 Å². The van der Waals surface area contributed by atoms with Crippen LogP contribution in [0.4, 0.5) is 5.69 Å². The number of nitrogens with one attached hydrogen (secondary N) is 1. The highest BCUT2D eigenvalue weighted by Gasteiger charge is 2.16. The van der Waals surface area contributed by atoms with E-state index in [1.54, 1.807) is 43.5 Å². The third kappa shape index (κ3) is 3.54. The van der Waals surface area contributed by atoms with Crippen LogP contribution in [0, 0.1) is 0 Å². The number of furan rings is 1. The van der Waals surface area contributed by atoms with E-state index in [0.717, 1.165) is 0 Å². The molecule has 0 aliphatic rings. The average molecular weight is 339 g/mol. The van der Waals surface area contributed by atoms with Crippen LogP contribution in [-0.2, 0) is 11.3 Å². The van der Waals surface area contributed by atoms with Crippen molar-refractivity contribution in [3.8, 4) is 5.75 Å². The number of carbonyl (C=O) groups excluding carboxylic acids is 1. The van der Waals surface area contributed by atoms with Crippen molar-refractivity contribution in [1.29, 1.82) is 0 Å². The van der Waals surface area contributed by atoms with E-state index in [1.165, 1.54) is 0 Å². The molecule has 1 aromatic carbocycles. The number of anilines is 1. The van der Waals surface area contributed by atoms with Crippen molar-refractivity contribution >= 4 is 27.5 Å². The number of benzene rings is 1. The lowest BCUT2D eigenvalue weighted by Crippen LogP contribution is -2.35. The molecule has 5 nitrogen and oxygen atoms in total. The molecule has 1 unspecified atom stereocenters. The highest BCUT2D eigenvalue weighted by molar-refractivity contribution is 9.10. The molecular weight excluding hydrogens is 324 g/mol. The summed E-state index contributed by atoms with van der Waals surface area (Å²) in [6, 6.07) is 8.82. The Morgan fingerprint density at radius 1 is 1.45 bits per heavy atom. The molecule has 1 amide bonds. The quantitative estimate of drug-likeness (QED) is 0.821. The number of nitrogen functional groups attached to an aromatic ring is 1. The van der Waals surface area contributed by atoms with Gasteiger partial charge in [0.1, 0.15) is 11.5 Å². The molecule has 0 saturated heterocycles. The van der Waals surface area contributed by atoms with Crippen molar-refractivity contribution in [3.05, 3.63) is 46.8 Å². The third-order valence-electron chi connectivity index (χ3n) is 2.68. The van der Waals surface area contributed by atoms with Gasteiger partial charge in [-0.15, -0.1) is 0 Å². The lowest BCUT2D eigenvalue weighted by Gasteiger charge is -2.16. The summed E-state index contributed by atoms with van der Waals surface area (Å²) >= 11 is 3.33. The van der Waals surface area contributed by atoms with E-state index in [1.807, 2.05) is 0 Å². The Morgan fingerprint density at radius 2 is 2.25 bits per heavy atom. The zero-order valence-corrected chi connectivity index (χ0v) is 12.5. The first-order valence-electron chi connectivity index (χ1n) is 6.08. The number of halogens is 1. The van der Waals surface area contributed by atoms with Crippen molar-refractivity contribution in [2.24, 2.45) is 0 Å². The van der Waals surface area contributed by atoms with Crippen molar-refractivity contribution in [2.45, 2.75) is 19.6 Å². The number of ether oxygens (including phenoxy) is 1.